The van der Waals surface area contributed by atoms with E-state index in [9.17, 15) is 26.4 Å². The molecule has 0 aliphatic rings. The van der Waals surface area contributed by atoms with Gasteiger partial charge in [0.15, 0.2) is 0 Å². The van der Waals surface area contributed by atoms with E-state index in [1.54, 1.807) is 0 Å². The van der Waals surface area contributed by atoms with Crippen LogP contribution in [-0.2, 0) is 10.0 Å². The van der Waals surface area contributed by atoms with Crippen LogP contribution in [0.1, 0.15) is 54.9 Å². The van der Waals surface area contributed by atoms with Gasteiger partial charge in [-0.15, -0.1) is 11.3 Å². The highest BCUT2D eigenvalue weighted by atomic mass is 32.2. The van der Waals surface area contributed by atoms with Crippen molar-refractivity contribution in [3.8, 4) is 0 Å². The van der Waals surface area contributed by atoms with Crippen molar-refractivity contribution >= 4 is 42.4 Å². The van der Waals surface area contributed by atoms with Crippen LogP contribution in [0.15, 0.2) is 53.4 Å². The van der Waals surface area contributed by atoms with Gasteiger partial charge in [0.1, 0.15) is 5.00 Å². The van der Waals surface area contributed by atoms with Gasteiger partial charge in [0.2, 0.25) is 0 Å². The second-order valence-electron chi connectivity index (χ2n) is 7.95. The summed E-state index contributed by atoms with van der Waals surface area (Å²) in [6.07, 6.45) is -5.47. The van der Waals surface area contributed by atoms with Gasteiger partial charge < -0.3 is 5.11 Å². The number of fused-ring (bicyclic) bond motifs is 1. The van der Waals surface area contributed by atoms with Crippen molar-refractivity contribution in [3.63, 3.8) is 0 Å². The molecule has 0 spiro atoms. The Morgan fingerprint density at radius 2 is 1.70 bits per heavy atom. The maximum atomic E-state index is 13.6. The highest BCUT2D eigenvalue weighted by Gasteiger charge is 2.31. The van der Waals surface area contributed by atoms with Gasteiger partial charge in [0.25, 0.3) is 10.0 Å². The third-order valence-electron chi connectivity index (χ3n) is 5.18. The number of carbonyl (C=O) groups is 1. The molecule has 2 aromatic carbocycles. The Morgan fingerprint density at radius 1 is 1.06 bits per heavy atom. The molecule has 3 aromatic rings. The molecular weight excluding hydrogens is 475 g/mol. The van der Waals surface area contributed by atoms with Crippen molar-refractivity contribution < 1.29 is 31.5 Å². The smallest absolute Gasteiger partial charge is 0.389 e. The molecule has 0 aliphatic carbocycles. The first-order chi connectivity index (χ1) is 15.4. The molecule has 0 bridgehead atoms. The van der Waals surface area contributed by atoms with Crippen LogP contribution in [0.5, 0.6) is 0 Å². The fraction of sp³-hybridized carbons (Fsp3) is 0.348. The fourth-order valence-corrected chi connectivity index (χ4v) is 6.72. The molecule has 1 aromatic heterocycles. The van der Waals surface area contributed by atoms with E-state index in [1.807, 2.05) is 38.1 Å². The molecule has 3 rings (SSSR count). The summed E-state index contributed by atoms with van der Waals surface area (Å²) < 4.78 is 67.2. The van der Waals surface area contributed by atoms with Crippen LogP contribution in [0.2, 0.25) is 0 Å². The molecule has 0 fully saturated rings. The maximum absolute atomic E-state index is 13.6. The number of benzene rings is 2. The summed E-state index contributed by atoms with van der Waals surface area (Å²) in [5, 5.41) is 10.5. The lowest BCUT2D eigenvalue weighted by atomic mass is 10.0. The number of anilines is 1. The van der Waals surface area contributed by atoms with Crippen molar-refractivity contribution in [2.24, 2.45) is 0 Å². The SMILES string of the molecule is CC(C)c1c(N(CCCCC(F)(F)F)S(=O)(=O)c2ccc(C(=O)O)cc2)sc2ccccc12. The third-order valence-corrected chi connectivity index (χ3v) is 8.32. The second-order valence-corrected chi connectivity index (χ2v) is 10.8. The van der Waals surface area contributed by atoms with Crippen LogP contribution in [0.3, 0.4) is 0 Å². The van der Waals surface area contributed by atoms with Crippen LogP contribution in [-0.4, -0.2) is 32.2 Å². The van der Waals surface area contributed by atoms with Crippen molar-refractivity contribution in [2.75, 3.05) is 10.8 Å². The quantitative estimate of drug-likeness (QED) is 0.335. The Balaban J connectivity index is 2.07. The minimum absolute atomic E-state index is 0.0255. The minimum atomic E-state index is -4.31. The van der Waals surface area contributed by atoms with Gasteiger partial charge in [-0.25, -0.2) is 13.2 Å². The molecule has 0 atom stereocenters. The summed E-state index contributed by atoms with van der Waals surface area (Å²) in [6.45, 7) is 3.76. The predicted molar refractivity (Wildman–Crippen MR) is 124 cm³/mol. The van der Waals surface area contributed by atoms with E-state index in [-0.39, 0.29) is 35.8 Å². The Morgan fingerprint density at radius 3 is 2.27 bits per heavy atom. The molecule has 0 unspecified atom stereocenters. The van der Waals surface area contributed by atoms with Gasteiger partial charge >= 0.3 is 12.1 Å². The summed E-state index contributed by atoms with van der Waals surface area (Å²) in [7, 11) is -4.15. The predicted octanol–water partition coefficient (Wildman–Crippen LogP) is 6.65. The number of halogens is 3. The Kier molecular flexibility index (Phi) is 7.38. The van der Waals surface area contributed by atoms with E-state index in [1.165, 1.54) is 39.9 Å². The monoisotopic (exact) mass is 499 g/mol. The number of carboxylic acids is 1. The molecule has 33 heavy (non-hydrogen) atoms. The highest BCUT2D eigenvalue weighted by molar-refractivity contribution is 7.93. The molecular formula is C23H24F3NO4S2. The zero-order chi connectivity index (χ0) is 24.4. The van der Waals surface area contributed by atoms with Gasteiger partial charge in [-0.3, -0.25) is 4.31 Å². The van der Waals surface area contributed by atoms with Crippen molar-refractivity contribution in [1.29, 1.82) is 0 Å². The maximum Gasteiger partial charge on any atom is 0.389 e. The van der Waals surface area contributed by atoms with Crippen LogP contribution in [0, 0.1) is 0 Å². The number of sulfonamides is 1. The Bertz CT molecular complexity index is 1230. The summed E-state index contributed by atoms with van der Waals surface area (Å²) in [5.41, 5.74) is 0.757. The largest absolute Gasteiger partial charge is 0.478 e. The number of rotatable bonds is 9. The Hall–Kier alpha value is -2.59. The number of nitrogens with zero attached hydrogens (tertiary/aromatic N) is 1. The molecule has 5 nitrogen and oxygen atoms in total. The van der Waals surface area contributed by atoms with Crippen LogP contribution in [0.25, 0.3) is 10.1 Å². The summed E-state index contributed by atoms with van der Waals surface area (Å²) >= 11 is 1.28. The van der Waals surface area contributed by atoms with Crippen LogP contribution < -0.4 is 4.31 Å². The Labute approximate surface area is 194 Å². The number of unbranched alkanes of at least 4 members (excludes halogenated alkanes) is 1. The van der Waals surface area contributed by atoms with Crippen LogP contribution in [0.4, 0.5) is 18.2 Å². The number of thiophene rings is 1. The van der Waals surface area contributed by atoms with Gasteiger partial charge in [0.05, 0.1) is 10.5 Å². The third kappa shape index (κ3) is 5.67. The molecule has 0 saturated heterocycles. The number of hydrogen-bond donors (Lipinski definition) is 1. The van der Waals surface area contributed by atoms with Gasteiger partial charge in [0, 0.05) is 17.7 Å². The van der Waals surface area contributed by atoms with E-state index in [0.29, 0.717) is 5.00 Å². The number of alkyl halides is 3. The first kappa shape index (κ1) is 25.0. The van der Waals surface area contributed by atoms with Crippen molar-refractivity contribution in [2.45, 2.75) is 50.1 Å². The average molecular weight is 500 g/mol. The normalized spacial score (nSPS) is 12.4. The van der Waals surface area contributed by atoms with E-state index in [2.05, 4.69) is 0 Å². The van der Waals surface area contributed by atoms with Gasteiger partial charge in [-0.1, -0.05) is 32.0 Å². The lowest BCUT2D eigenvalue weighted by Crippen LogP contribution is -2.32. The zero-order valence-corrected chi connectivity index (χ0v) is 19.7. The molecule has 1 heterocycles. The molecule has 10 heteroatoms. The lowest BCUT2D eigenvalue weighted by molar-refractivity contribution is -0.135. The van der Waals surface area contributed by atoms with Gasteiger partial charge in [-0.2, -0.15) is 13.2 Å². The highest BCUT2D eigenvalue weighted by Crippen LogP contribution is 2.44. The lowest BCUT2D eigenvalue weighted by Gasteiger charge is -2.25. The summed E-state index contributed by atoms with van der Waals surface area (Å²) in [6, 6.07) is 12.3. The molecule has 0 saturated carbocycles. The van der Waals surface area contributed by atoms with Crippen molar-refractivity contribution in [1.82, 2.24) is 0 Å². The molecule has 0 aliphatic heterocycles. The number of hydrogen-bond acceptors (Lipinski definition) is 4. The zero-order valence-electron chi connectivity index (χ0n) is 18.1. The summed E-state index contributed by atoms with van der Waals surface area (Å²) in [5.74, 6) is -1.21. The summed E-state index contributed by atoms with van der Waals surface area (Å²) in [4.78, 5) is 11.0. The standard InChI is InChI=1S/C23H24F3NO4S2/c1-15(2)20-18-7-3-4-8-19(18)32-21(20)27(14-6-5-13-23(24,25)26)33(30,31)17-11-9-16(10-12-17)22(28)29/h3-4,7-12,15H,5-6,13-14H2,1-2H3,(H,28,29). The average Bonchev–Trinajstić information content (AvgIpc) is 3.12. The van der Waals surface area contributed by atoms with Crippen molar-refractivity contribution in [3.05, 3.63) is 59.7 Å². The van der Waals surface area contributed by atoms with Gasteiger partial charge in [-0.05, 0) is 60.0 Å². The van der Waals surface area contributed by atoms with E-state index in [0.717, 1.165) is 15.6 Å². The van der Waals surface area contributed by atoms with E-state index in [4.69, 9.17) is 5.11 Å². The van der Waals surface area contributed by atoms with Crippen LogP contribution >= 0.6 is 11.3 Å². The first-order valence-electron chi connectivity index (χ1n) is 10.4. The second kappa shape index (κ2) is 9.72. The van der Waals surface area contributed by atoms with E-state index >= 15 is 0 Å². The molecule has 178 valence electrons. The minimum Gasteiger partial charge on any atom is -0.478 e. The first-order valence-corrected chi connectivity index (χ1v) is 12.6. The molecule has 0 amide bonds. The molecule has 1 N–H and O–H groups in total. The number of aromatic carboxylic acids is 1. The topological polar surface area (TPSA) is 74.7 Å². The molecule has 0 radical (unpaired) electrons. The van der Waals surface area contributed by atoms with E-state index < -0.39 is 28.6 Å². The fourth-order valence-electron chi connectivity index (χ4n) is 3.60. The number of carboxylic acid groups (broad SMARTS) is 1.